The molecule has 0 bridgehead atoms. The Labute approximate surface area is 97.2 Å². The van der Waals surface area contributed by atoms with Crippen LogP contribution in [0.15, 0.2) is 30.3 Å². The maximum atomic E-state index is 11.5. The van der Waals surface area contributed by atoms with Crippen molar-refractivity contribution in [1.82, 2.24) is 0 Å². The lowest BCUT2D eigenvalue weighted by Crippen LogP contribution is -1.91. The lowest BCUT2D eigenvalue weighted by molar-refractivity contribution is -0.114. The van der Waals surface area contributed by atoms with E-state index >= 15 is 0 Å². The van der Waals surface area contributed by atoms with Gasteiger partial charge in [0.2, 0.25) is 0 Å². The minimum absolute atomic E-state index is 0.284. The Morgan fingerprint density at radius 1 is 1.06 bits per heavy atom. The topological polar surface area (TPSA) is 17.1 Å². The van der Waals surface area contributed by atoms with E-state index in [4.69, 9.17) is 0 Å². The predicted molar refractivity (Wildman–Crippen MR) is 67.3 cm³/mol. The van der Waals surface area contributed by atoms with Gasteiger partial charge in [0.15, 0.2) is 5.78 Å². The van der Waals surface area contributed by atoms with E-state index in [2.05, 4.69) is 31.2 Å². The zero-order valence-electron chi connectivity index (χ0n) is 9.83. The Morgan fingerprint density at radius 2 is 1.75 bits per heavy atom. The van der Waals surface area contributed by atoms with E-state index < -0.39 is 0 Å². The molecule has 16 heavy (non-hydrogen) atoms. The van der Waals surface area contributed by atoms with Gasteiger partial charge in [0.25, 0.3) is 0 Å². The summed E-state index contributed by atoms with van der Waals surface area (Å²) in [6.45, 7) is 2.16. The number of benzene rings is 1. The summed E-state index contributed by atoms with van der Waals surface area (Å²) in [5.74, 6) is 0.284. The van der Waals surface area contributed by atoms with Crippen LogP contribution < -0.4 is 0 Å². The average molecular weight is 214 g/mol. The van der Waals surface area contributed by atoms with E-state index in [0.717, 1.165) is 32.1 Å². The van der Waals surface area contributed by atoms with Crippen molar-refractivity contribution in [2.45, 2.75) is 39.0 Å². The van der Waals surface area contributed by atoms with E-state index in [1.54, 1.807) is 0 Å². The van der Waals surface area contributed by atoms with Crippen LogP contribution in [0, 0.1) is 0 Å². The van der Waals surface area contributed by atoms with Crippen molar-refractivity contribution in [3.8, 4) is 0 Å². The molecule has 1 aromatic carbocycles. The maximum absolute atomic E-state index is 11.5. The molecule has 84 valence electrons. The van der Waals surface area contributed by atoms with E-state index in [1.165, 1.54) is 16.7 Å². The van der Waals surface area contributed by atoms with Crippen molar-refractivity contribution < 1.29 is 4.79 Å². The van der Waals surface area contributed by atoms with Gasteiger partial charge in [-0.3, -0.25) is 4.79 Å². The second-order valence-corrected chi connectivity index (χ2v) is 4.39. The second kappa shape index (κ2) is 5.11. The Hall–Kier alpha value is -1.37. The van der Waals surface area contributed by atoms with Crippen molar-refractivity contribution in [1.29, 1.82) is 0 Å². The van der Waals surface area contributed by atoms with Crippen LogP contribution in [-0.4, -0.2) is 5.78 Å². The minimum atomic E-state index is 0.284. The van der Waals surface area contributed by atoms with E-state index in [9.17, 15) is 4.79 Å². The number of carbonyl (C=O) groups excluding carboxylic acids is 1. The Kier molecular flexibility index (Phi) is 3.55. The van der Waals surface area contributed by atoms with E-state index in [1.807, 2.05) is 6.08 Å². The molecule has 0 atom stereocenters. The van der Waals surface area contributed by atoms with Gasteiger partial charge in [-0.1, -0.05) is 31.2 Å². The first-order valence-electron chi connectivity index (χ1n) is 6.12. The third-order valence-electron chi connectivity index (χ3n) is 3.19. The van der Waals surface area contributed by atoms with Crippen molar-refractivity contribution in [3.63, 3.8) is 0 Å². The minimum Gasteiger partial charge on any atom is -0.295 e. The van der Waals surface area contributed by atoms with Crippen LogP contribution in [0.2, 0.25) is 0 Å². The highest BCUT2D eigenvalue weighted by Gasteiger charge is 2.09. The first-order valence-corrected chi connectivity index (χ1v) is 6.12. The largest absolute Gasteiger partial charge is 0.295 e. The smallest absolute Gasteiger partial charge is 0.155 e. The highest BCUT2D eigenvalue weighted by molar-refractivity contribution is 5.97. The molecule has 0 aliphatic heterocycles. The van der Waals surface area contributed by atoms with Crippen LogP contribution in [0.1, 0.15) is 43.7 Å². The molecule has 1 aliphatic rings. The number of aryl methyl sites for hydroxylation is 1. The van der Waals surface area contributed by atoms with Gasteiger partial charge in [-0.2, -0.15) is 0 Å². The molecule has 0 heterocycles. The lowest BCUT2D eigenvalue weighted by atomic mass is 9.99. The second-order valence-electron chi connectivity index (χ2n) is 4.39. The number of hydrogen-bond donors (Lipinski definition) is 0. The molecule has 0 fully saturated rings. The summed E-state index contributed by atoms with van der Waals surface area (Å²) in [7, 11) is 0. The fourth-order valence-electron chi connectivity index (χ4n) is 2.14. The van der Waals surface area contributed by atoms with Gasteiger partial charge >= 0.3 is 0 Å². The highest BCUT2D eigenvalue weighted by atomic mass is 16.1. The molecule has 1 aromatic rings. The summed E-state index contributed by atoms with van der Waals surface area (Å²) in [6, 6.07) is 8.60. The average Bonchev–Trinajstić information content (AvgIpc) is 2.54. The number of hydrogen-bond acceptors (Lipinski definition) is 1. The Morgan fingerprint density at radius 3 is 2.44 bits per heavy atom. The molecule has 0 unspecified atom stereocenters. The summed E-state index contributed by atoms with van der Waals surface area (Å²) in [5, 5.41) is 0. The molecule has 1 heteroatoms. The van der Waals surface area contributed by atoms with Crippen LogP contribution in [0.5, 0.6) is 0 Å². The normalized spacial score (nSPS) is 16.8. The summed E-state index contributed by atoms with van der Waals surface area (Å²) < 4.78 is 0. The van der Waals surface area contributed by atoms with Gasteiger partial charge in [-0.15, -0.1) is 0 Å². The van der Waals surface area contributed by atoms with Crippen molar-refractivity contribution >= 4 is 11.4 Å². The van der Waals surface area contributed by atoms with Crippen LogP contribution in [0.25, 0.3) is 5.57 Å². The first kappa shape index (κ1) is 11.1. The molecule has 0 aromatic heterocycles. The maximum Gasteiger partial charge on any atom is 0.155 e. The standard InChI is InChI=1S/C15H18O/c1-2-12-7-9-13(10-8-12)14-5-3-4-6-15(16)11-14/h7-11H,2-6H2,1H3. The fourth-order valence-corrected chi connectivity index (χ4v) is 2.14. The zero-order chi connectivity index (χ0) is 11.4. The quantitative estimate of drug-likeness (QED) is 0.732. The zero-order valence-corrected chi connectivity index (χ0v) is 9.83. The van der Waals surface area contributed by atoms with Gasteiger partial charge in [-0.05, 0) is 48.5 Å². The number of ketones is 1. The predicted octanol–water partition coefficient (Wildman–Crippen LogP) is 3.78. The molecule has 0 N–H and O–H groups in total. The summed E-state index contributed by atoms with van der Waals surface area (Å²) >= 11 is 0. The van der Waals surface area contributed by atoms with Gasteiger partial charge in [-0.25, -0.2) is 0 Å². The van der Waals surface area contributed by atoms with Gasteiger partial charge in [0.1, 0.15) is 0 Å². The van der Waals surface area contributed by atoms with E-state index in [-0.39, 0.29) is 5.78 Å². The first-order chi connectivity index (χ1) is 7.79. The molecule has 0 radical (unpaired) electrons. The summed E-state index contributed by atoms with van der Waals surface area (Å²) in [4.78, 5) is 11.5. The molecule has 1 aliphatic carbocycles. The van der Waals surface area contributed by atoms with E-state index in [0.29, 0.717) is 0 Å². The molecular weight excluding hydrogens is 196 g/mol. The Bertz CT molecular complexity index is 398. The third-order valence-corrected chi connectivity index (χ3v) is 3.19. The molecule has 0 saturated carbocycles. The third kappa shape index (κ3) is 2.60. The molecule has 2 rings (SSSR count). The van der Waals surface area contributed by atoms with Crippen LogP contribution in [-0.2, 0) is 11.2 Å². The van der Waals surface area contributed by atoms with Gasteiger partial charge in [0, 0.05) is 6.42 Å². The molecule has 0 saturated heterocycles. The molecular formula is C15H18O. The highest BCUT2D eigenvalue weighted by Crippen LogP contribution is 2.24. The van der Waals surface area contributed by atoms with Crippen LogP contribution in [0.4, 0.5) is 0 Å². The molecule has 0 amide bonds. The lowest BCUT2D eigenvalue weighted by Gasteiger charge is -2.06. The number of allylic oxidation sites excluding steroid dienone is 2. The fraction of sp³-hybridized carbons (Fsp3) is 0.400. The van der Waals surface area contributed by atoms with Crippen molar-refractivity contribution in [3.05, 3.63) is 41.5 Å². The van der Waals surface area contributed by atoms with Crippen molar-refractivity contribution in [2.75, 3.05) is 0 Å². The summed E-state index contributed by atoms with van der Waals surface area (Å²) in [5.41, 5.74) is 3.78. The Balaban J connectivity index is 2.24. The van der Waals surface area contributed by atoms with Crippen LogP contribution >= 0.6 is 0 Å². The van der Waals surface area contributed by atoms with Crippen molar-refractivity contribution in [2.24, 2.45) is 0 Å². The van der Waals surface area contributed by atoms with Gasteiger partial charge in [0.05, 0.1) is 0 Å². The SMILES string of the molecule is CCc1ccc(C2=CC(=O)CCCC2)cc1. The van der Waals surface area contributed by atoms with Crippen LogP contribution in [0.3, 0.4) is 0 Å². The van der Waals surface area contributed by atoms with Gasteiger partial charge < -0.3 is 0 Å². The molecule has 1 nitrogen and oxygen atoms in total. The summed E-state index contributed by atoms with van der Waals surface area (Å²) in [6.07, 6.45) is 6.83. The number of carbonyl (C=O) groups is 1. The molecule has 0 spiro atoms. The monoisotopic (exact) mass is 214 g/mol. The number of rotatable bonds is 2.